The maximum absolute atomic E-state index is 11.8. The summed E-state index contributed by atoms with van der Waals surface area (Å²) in [5, 5.41) is 9.65. The van der Waals surface area contributed by atoms with Gasteiger partial charge in [0.2, 0.25) is 11.8 Å². The molecule has 1 rings (SSSR count). The van der Waals surface area contributed by atoms with E-state index in [1.165, 1.54) is 0 Å². The lowest BCUT2D eigenvalue weighted by atomic mass is 10.1. The summed E-state index contributed by atoms with van der Waals surface area (Å²) in [6, 6.07) is -1.11. The number of hydrogen-bond donors (Lipinski definition) is 3. The maximum atomic E-state index is 11.8. The van der Waals surface area contributed by atoms with Gasteiger partial charge in [0.15, 0.2) is 0 Å². The van der Waals surface area contributed by atoms with Crippen LogP contribution in [0, 0.1) is 0 Å². The number of carbonyl (C=O) groups is 2. The lowest BCUT2D eigenvalue weighted by Crippen LogP contribution is -2.52. The Morgan fingerprint density at radius 2 is 2.17 bits per heavy atom. The van der Waals surface area contributed by atoms with Crippen molar-refractivity contribution in [3.63, 3.8) is 0 Å². The summed E-state index contributed by atoms with van der Waals surface area (Å²) in [6.45, 7) is 4.42. The molecule has 1 aliphatic rings. The topological polar surface area (TPSA) is 98.3 Å². The molecule has 0 aliphatic carbocycles. The highest BCUT2D eigenvalue weighted by Gasteiger charge is 2.23. The Labute approximate surface area is 108 Å². The van der Waals surface area contributed by atoms with Crippen LogP contribution in [-0.4, -0.2) is 36.6 Å². The van der Waals surface area contributed by atoms with Gasteiger partial charge >= 0.3 is 0 Å². The van der Waals surface area contributed by atoms with Crippen LogP contribution in [0.15, 0.2) is 0 Å². The third kappa shape index (κ3) is 4.62. The smallest absolute Gasteiger partial charge is 0.243 e. The minimum Gasteiger partial charge on any atom is -0.343 e. The van der Waals surface area contributed by atoms with Crippen molar-refractivity contribution in [2.24, 2.45) is 5.73 Å². The highest BCUT2D eigenvalue weighted by molar-refractivity contribution is 5.89. The van der Waals surface area contributed by atoms with Crippen molar-refractivity contribution in [3.05, 3.63) is 0 Å². The lowest BCUT2D eigenvalue weighted by molar-refractivity contribution is -0.129. The van der Waals surface area contributed by atoms with Gasteiger partial charge in [-0.3, -0.25) is 9.59 Å². The van der Waals surface area contributed by atoms with Gasteiger partial charge in [0.25, 0.3) is 0 Å². The molecule has 1 radical (unpaired) electrons. The molecule has 0 aromatic heterocycles. The van der Waals surface area contributed by atoms with Crippen LogP contribution in [0.5, 0.6) is 0 Å². The van der Waals surface area contributed by atoms with Crippen LogP contribution >= 0.6 is 0 Å². The van der Waals surface area contributed by atoms with Crippen molar-refractivity contribution in [2.45, 2.75) is 57.8 Å². The predicted molar refractivity (Wildman–Crippen MR) is 68.7 cm³/mol. The van der Waals surface area contributed by atoms with Gasteiger partial charge in [-0.2, -0.15) is 0 Å². The molecule has 103 valence electrons. The molecule has 4 N–H and O–H groups in total. The second-order valence-electron chi connectivity index (χ2n) is 4.70. The summed E-state index contributed by atoms with van der Waals surface area (Å²) in [5.74, 6) is -0.481. The summed E-state index contributed by atoms with van der Waals surface area (Å²) in [7, 11) is 0. The van der Waals surface area contributed by atoms with Gasteiger partial charge in [-0.1, -0.05) is 13.3 Å². The minimum atomic E-state index is -0.573. The van der Waals surface area contributed by atoms with Gasteiger partial charge in [-0.25, -0.2) is 5.32 Å². The maximum Gasteiger partial charge on any atom is 0.243 e. The molecule has 6 nitrogen and oxygen atoms in total. The van der Waals surface area contributed by atoms with Crippen molar-refractivity contribution in [2.75, 3.05) is 6.54 Å². The first-order chi connectivity index (χ1) is 8.54. The average molecular weight is 255 g/mol. The summed E-state index contributed by atoms with van der Waals surface area (Å²) in [5.41, 5.74) is 5.68. The van der Waals surface area contributed by atoms with Crippen LogP contribution in [0.1, 0.15) is 39.5 Å². The third-order valence-corrected chi connectivity index (χ3v) is 2.98. The number of carbonyl (C=O) groups excluding carboxylic acids is 2. The largest absolute Gasteiger partial charge is 0.343 e. The molecule has 0 bridgehead atoms. The van der Waals surface area contributed by atoms with Crippen LogP contribution in [0.4, 0.5) is 0 Å². The molecule has 1 unspecified atom stereocenters. The third-order valence-electron chi connectivity index (χ3n) is 2.98. The summed E-state index contributed by atoms with van der Waals surface area (Å²) in [6.07, 6.45) is 3.25. The fraction of sp³-hybridized carbons (Fsp3) is 0.833. The van der Waals surface area contributed by atoms with Crippen LogP contribution in [0.2, 0.25) is 0 Å². The molecule has 1 heterocycles. The standard InChI is InChI=1S/C12H23N4O2/c1-3-5-9(13)12(18)15-8(2)11(17)16-10-6-4-7-14-10/h8-10H,3-7,13H2,1-2H3,(H,15,18)(H,16,17)/t8-,9-,10?/m0/s1. The monoisotopic (exact) mass is 255 g/mol. The van der Waals surface area contributed by atoms with E-state index in [0.29, 0.717) is 6.42 Å². The van der Waals surface area contributed by atoms with Gasteiger partial charge in [0.05, 0.1) is 12.2 Å². The van der Waals surface area contributed by atoms with Gasteiger partial charge in [-0.05, 0) is 26.2 Å². The van der Waals surface area contributed by atoms with E-state index in [-0.39, 0.29) is 18.0 Å². The fourth-order valence-corrected chi connectivity index (χ4v) is 1.86. The molecule has 3 atom stereocenters. The molecule has 0 aromatic carbocycles. The molecule has 6 heteroatoms. The van der Waals surface area contributed by atoms with E-state index in [9.17, 15) is 9.59 Å². The van der Waals surface area contributed by atoms with E-state index in [4.69, 9.17) is 5.73 Å². The second-order valence-corrected chi connectivity index (χ2v) is 4.70. The van der Waals surface area contributed by atoms with E-state index in [2.05, 4.69) is 16.0 Å². The van der Waals surface area contributed by atoms with Gasteiger partial charge in [-0.15, -0.1) is 0 Å². The van der Waals surface area contributed by atoms with E-state index in [0.717, 1.165) is 25.8 Å². The number of nitrogens with two attached hydrogens (primary N) is 1. The highest BCUT2D eigenvalue weighted by Crippen LogP contribution is 2.04. The summed E-state index contributed by atoms with van der Waals surface area (Å²) < 4.78 is 0. The Kier molecular flexibility index (Phi) is 6.07. The van der Waals surface area contributed by atoms with Gasteiger partial charge in [0, 0.05) is 6.54 Å². The lowest BCUT2D eigenvalue weighted by Gasteiger charge is -2.19. The molecular weight excluding hydrogens is 232 g/mol. The summed E-state index contributed by atoms with van der Waals surface area (Å²) >= 11 is 0. The van der Waals surface area contributed by atoms with Crippen LogP contribution in [0.25, 0.3) is 0 Å². The molecule has 1 fully saturated rings. The zero-order valence-corrected chi connectivity index (χ0v) is 11.1. The Hall–Kier alpha value is -1.14. The van der Waals surface area contributed by atoms with Crippen molar-refractivity contribution in [1.82, 2.24) is 16.0 Å². The zero-order chi connectivity index (χ0) is 13.5. The normalized spacial score (nSPS) is 22.3. The Bertz CT molecular complexity index is 290. The first kappa shape index (κ1) is 14.9. The molecule has 2 amide bonds. The first-order valence-corrected chi connectivity index (χ1v) is 6.57. The van der Waals surface area contributed by atoms with Gasteiger partial charge < -0.3 is 16.4 Å². The van der Waals surface area contributed by atoms with E-state index >= 15 is 0 Å². The minimum absolute atomic E-state index is 0.0961. The number of rotatable bonds is 6. The number of amides is 2. The Balaban J connectivity index is 2.32. The Morgan fingerprint density at radius 1 is 1.44 bits per heavy atom. The number of nitrogens with one attached hydrogen (secondary N) is 2. The van der Waals surface area contributed by atoms with E-state index in [1.807, 2.05) is 6.92 Å². The van der Waals surface area contributed by atoms with Crippen LogP contribution in [-0.2, 0) is 9.59 Å². The summed E-state index contributed by atoms with van der Waals surface area (Å²) in [4.78, 5) is 23.4. The number of nitrogens with zero attached hydrogens (tertiary/aromatic N) is 1. The first-order valence-electron chi connectivity index (χ1n) is 6.57. The molecule has 0 saturated carbocycles. The predicted octanol–water partition coefficient (Wildman–Crippen LogP) is -0.541. The highest BCUT2D eigenvalue weighted by atomic mass is 16.2. The van der Waals surface area contributed by atoms with Gasteiger partial charge in [0.1, 0.15) is 6.04 Å². The van der Waals surface area contributed by atoms with Crippen molar-refractivity contribution in [3.8, 4) is 0 Å². The van der Waals surface area contributed by atoms with Crippen molar-refractivity contribution < 1.29 is 9.59 Å². The molecular formula is C12H23N4O2. The van der Waals surface area contributed by atoms with Crippen LogP contribution in [0.3, 0.4) is 0 Å². The quantitative estimate of drug-likeness (QED) is 0.594. The SMILES string of the molecule is CCC[C@H](N)C(=O)N[C@@H](C)C(=O)NC1CCC[N]1. The van der Waals surface area contributed by atoms with E-state index < -0.39 is 12.1 Å². The molecule has 1 aliphatic heterocycles. The number of hydrogen-bond acceptors (Lipinski definition) is 3. The van der Waals surface area contributed by atoms with Crippen molar-refractivity contribution in [1.29, 1.82) is 0 Å². The molecule has 0 spiro atoms. The Morgan fingerprint density at radius 3 is 2.72 bits per heavy atom. The second kappa shape index (κ2) is 7.33. The van der Waals surface area contributed by atoms with Crippen molar-refractivity contribution >= 4 is 11.8 Å². The van der Waals surface area contributed by atoms with E-state index in [1.54, 1.807) is 6.92 Å². The zero-order valence-electron chi connectivity index (χ0n) is 11.1. The fourth-order valence-electron chi connectivity index (χ4n) is 1.86. The average Bonchev–Trinajstić information content (AvgIpc) is 2.81. The molecule has 1 saturated heterocycles. The molecule has 0 aromatic rings. The van der Waals surface area contributed by atoms with Crippen LogP contribution < -0.4 is 21.7 Å². The molecule has 18 heavy (non-hydrogen) atoms.